The molecule has 0 saturated heterocycles. The topological polar surface area (TPSA) is 69.3 Å². The fourth-order valence-corrected chi connectivity index (χ4v) is 3.68. The van der Waals surface area contributed by atoms with Crippen molar-refractivity contribution < 1.29 is 9.21 Å². The Morgan fingerprint density at radius 2 is 1.79 bits per heavy atom. The maximum Gasteiger partial charge on any atom is 0.266 e. The molecule has 1 N–H and O–H groups in total. The number of nitrogens with zero attached hydrogens (tertiary/aromatic N) is 2. The number of rotatable bonds is 3. The monoisotopic (exact) mass is 407 g/mol. The number of hydrogen-bond donors (Lipinski definition) is 2. The Labute approximate surface area is 172 Å². The molecular weight excluding hydrogens is 394 g/mol. The summed E-state index contributed by atoms with van der Waals surface area (Å²) in [6.45, 7) is 0. The second-order valence-corrected chi connectivity index (χ2v) is 6.90. The number of thiol groups is 1. The summed E-state index contributed by atoms with van der Waals surface area (Å²) in [5, 5.41) is 13.0. The van der Waals surface area contributed by atoms with Crippen molar-refractivity contribution in [1.82, 2.24) is 5.32 Å². The average molecular weight is 408 g/mol. The SMILES string of the molecule is N#CC1=C(S)N(c2ccccc2)[C@@H](c2ccc(-c3ccccc3Cl)o2)NC1=O. The quantitative estimate of drug-likeness (QED) is 0.606. The van der Waals surface area contributed by atoms with Crippen molar-refractivity contribution >= 4 is 35.8 Å². The van der Waals surface area contributed by atoms with E-state index < -0.39 is 12.1 Å². The first-order chi connectivity index (χ1) is 13.6. The van der Waals surface area contributed by atoms with Gasteiger partial charge in [-0.1, -0.05) is 41.9 Å². The molecule has 1 amide bonds. The molecule has 0 spiro atoms. The zero-order chi connectivity index (χ0) is 19.7. The van der Waals surface area contributed by atoms with Crippen molar-refractivity contribution in [3.63, 3.8) is 0 Å². The molecule has 1 aromatic heterocycles. The highest BCUT2D eigenvalue weighted by atomic mass is 35.5. The Hall–Kier alpha value is -3.14. The highest BCUT2D eigenvalue weighted by Crippen LogP contribution is 2.38. The third-order valence-electron chi connectivity index (χ3n) is 4.39. The second-order valence-electron chi connectivity index (χ2n) is 6.07. The lowest BCUT2D eigenvalue weighted by molar-refractivity contribution is -0.118. The number of anilines is 1. The number of halogens is 1. The van der Waals surface area contributed by atoms with Crippen molar-refractivity contribution in [2.45, 2.75) is 6.17 Å². The number of para-hydroxylation sites is 1. The standard InChI is InChI=1S/C21H14ClN3O2S/c22-16-9-5-4-8-14(16)17-10-11-18(27-17)19-24-20(26)15(12-23)21(28)25(19)13-6-2-1-3-7-13/h1-11,19,28H,(H,24,26)/t19-/m0/s1. The summed E-state index contributed by atoms with van der Waals surface area (Å²) in [6, 6.07) is 22.2. The van der Waals surface area contributed by atoms with Crippen LogP contribution in [0.5, 0.6) is 0 Å². The van der Waals surface area contributed by atoms with E-state index in [0.717, 1.165) is 11.3 Å². The minimum Gasteiger partial charge on any atom is -0.457 e. The molecule has 5 nitrogen and oxygen atoms in total. The molecule has 4 rings (SSSR count). The maximum atomic E-state index is 12.4. The molecule has 28 heavy (non-hydrogen) atoms. The summed E-state index contributed by atoms with van der Waals surface area (Å²) in [7, 11) is 0. The van der Waals surface area contributed by atoms with Crippen LogP contribution in [0, 0.1) is 11.3 Å². The van der Waals surface area contributed by atoms with Crippen LogP contribution in [0.4, 0.5) is 5.69 Å². The van der Waals surface area contributed by atoms with Crippen LogP contribution in [0.3, 0.4) is 0 Å². The summed E-state index contributed by atoms with van der Waals surface area (Å²) in [5.74, 6) is 0.578. The summed E-state index contributed by atoms with van der Waals surface area (Å²) in [4.78, 5) is 14.1. The molecule has 0 fully saturated rings. The zero-order valence-corrected chi connectivity index (χ0v) is 16.1. The predicted molar refractivity (Wildman–Crippen MR) is 111 cm³/mol. The van der Waals surface area contributed by atoms with Crippen molar-refractivity contribution in [1.29, 1.82) is 5.26 Å². The van der Waals surface area contributed by atoms with Crippen molar-refractivity contribution in [3.05, 3.63) is 88.1 Å². The lowest BCUT2D eigenvalue weighted by Crippen LogP contribution is -2.45. The molecule has 0 radical (unpaired) electrons. The van der Waals surface area contributed by atoms with Crippen LogP contribution < -0.4 is 10.2 Å². The molecule has 7 heteroatoms. The maximum absolute atomic E-state index is 12.4. The Kier molecular flexibility index (Phi) is 4.86. The summed E-state index contributed by atoms with van der Waals surface area (Å²) in [6.07, 6.45) is -0.657. The number of carbonyl (C=O) groups is 1. The molecule has 2 aromatic carbocycles. The summed E-state index contributed by atoms with van der Waals surface area (Å²) in [5.41, 5.74) is 1.46. The van der Waals surface area contributed by atoms with Gasteiger partial charge < -0.3 is 14.6 Å². The summed E-state index contributed by atoms with van der Waals surface area (Å²) >= 11 is 10.7. The highest BCUT2D eigenvalue weighted by Gasteiger charge is 2.35. The molecule has 138 valence electrons. The molecule has 2 heterocycles. The highest BCUT2D eigenvalue weighted by molar-refractivity contribution is 7.84. The van der Waals surface area contributed by atoms with Gasteiger partial charge in [-0.2, -0.15) is 5.26 Å². The van der Waals surface area contributed by atoms with Crippen LogP contribution in [0.2, 0.25) is 5.02 Å². The van der Waals surface area contributed by atoms with Gasteiger partial charge >= 0.3 is 0 Å². The van der Waals surface area contributed by atoms with Crippen LogP contribution in [0.25, 0.3) is 11.3 Å². The minimum absolute atomic E-state index is 0.0543. The molecule has 0 saturated carbocycles. The first-order valence-electron chi connectivity index (χ1n) is 8.43. The number of nitriles is 1. The van der Waals surface area contributed by atoms with Crippen LogP contribution >= 0.6 is 24.2 Å². The Balaban J connectivity index is 1.80. The molecule has 0 unspecified atom stereocenters. The lowest BCUT2D eigenvalue weighted by atomic mass is 10.1. The van der Waals surface area contributed by atoms with E-state index in [4.69, 9.17) is 16.0 Å². The van der Waals surface area contributed by atoms with Gasteiger partial charge in [0, 0.05) is 11.3 Å². The van der Waals surface area contributed by atoms with E-state index in [1.165, 1.54) is 0 Å². The molecular formula is C21H14ClN3O2S. The number of benzene rings is 2. The first kappa shape index (κ1) is 18.2. The average Bonchev–Trinajstić information content (AvgIpc) is 3.19. The number of hydrogen-bond acceptors (Lipinski definition) is 5. The fourth-order valence-electron chi connectivity index (χ4n) is 3.07. The van der Waals surface area contributed by atoms with Gasteiger partial charge in [-0.05, 0) is 36.4 Å². The van der Waals surface area contributed by atoms with E-state index in [1.807, 2.05) is 54.6 Å². The van der Waals surface area contributed by atoms with Crippen LogP contribution in [0.15, 0.2) is 81.7 Å². The normalized spacial score (nSPS) is 16.7. The van der Waals surface area contributed by atoms with Crippen molar-refractivity contribution in [2.75, 3.05) is 4.90 Å². The smallest absolute Gasteiger partial charge is 0.266 e. The zero-order valence-electron chi connectivity index (χ0n) is 14.5. The number of carbonyl (C=O) groups excluding carboxylic acids is 1. The van der Waals surface area contributed by atoms with Gasteiger partial charge in [0.2, 0.25) is 0 Å². The number of furan rings is 1. The fraction of sp³-hybridized carbons (Fsp3) is 0.0476. The van der Waals surface area contributed by atoms with E-state index in [9.17, 15) is 10.1 Å². The van der Waals surface area contributed by atoms with Gasteiger partial charge in [0.15, 0.2) is 6.17 Å². The predicted octanol–water partition coefficient (Wildman–Crippen LogP) is 4.90. The van der Waals surface area contributed by atoms with Crippen molar-refractivity contribution in [2.24, 2.45) is 0 Å². The molecule has 1 atom stereocenters. The van der Waals surface area contributed by atoms with Gasteiger partial charge in [-0.25, -0.2) is 0 Å². The van der Waals surface area contributed by atoms with E-state index in [-0.39, 0.29) is 10.6 Å². The van der Waals surface area contributed by atoms with Gasteiger partial charge in [0.1, 0.15) is 23.2 Å². The van der Waals surface area contributed by atoms with E-state index >= 15 is 0 Å². The van der Waals surface area contributed by atoms with Crippen LogP contribution in [0.1, 0.15) is 11.9 Å². The van der Waals surface area contributed by atoms with Gasteiger partial charge in [-0.3, -0.25) is 4.79 Å². The third kappa shape index (κ3) is 3.15. The van der Waals surface area contributed by atoms with Crippen LogP contribution in [-0.4, -0.2) is 5.91 Å². The van der Waals surface area contributed by atoms with Gasteiger partial charge in [-0.15, -0.1) is 12.6 Å². The molecule has 0 bridgehead atoms. The summed E-state index contributed by atoms with van der Waals surface area (Å²) < 4.78 is 6.03. The molecule has 1 aliphatic heterocycles. The Bertz CT molecular complexity index is 1120. The van der Waals surface area contributed by atoms with Gasteiger partial charge in [0.05, 0.1) is 10.1 Å². The van der Waals surface area contributed by atoms with E-state index in [2.05, 4.69) is 17.9 Å². The Morgan fingerprint density at radius 3 is 2.50 bits per heavy atom. The molecule has 0 aliphatic carbocycles. The van der Waals surface area contributed by atoms with Crippen LogP contribution in [-0.2, 0) is 4.79 Å². The lowest BCUT2D eigenvalue weighted by Gasteiger charge is -2.36. The van der Waals surface area contributed by atoms with Crippen molar-refractivity contribution in [3.8, 4) is 17.4 Å². The molecule has 3 aromatic rings. The number of nitrogens with one attached hydrogen (secondary N) is 1. The van der Waals surface area contributed by atoms with Gasteiger partial charge in [0.25, 0.3) is 5.91 Å². The first-order valence-corrected chi connectivity index (χ1v) is 9.26. The Morgan fingerprint density at radius 1 is 1.07 bits per heavy atom. The second kappa shape index (κ2) is 7.47. The van der Waals surface area contributed by atoms with E-state index in [1.54, 1.807) is 23.1 Å². The minimum atomic E-state index is -0.657. The number of amides is 1. The molecule has 1 aliphatic rings. The third-order valence-corrected chi connectivity index (χ3v) is 5.16. The largest absolute Gasteiger partial charge is 0.457 e. The van der Waals surface area contributed by atoms with E-state index in [0.29, 0.717) is 16.5 Å².